The molecule has 0 aliphatic carbocycles. The monoisotopic (exact) mass is 496 g/mol. The molecule has 0 unspecified atom stereocenters. The van der Waals surface area contributed by atoms with Crippen LogP contribution in [0.15, 0.2) is 97.9 Å². The summed E-state index contributed by atoms with van der Waals surface area (Å²) in [4.78, 5) is 16.3. The van der Waals surface area contributed by atoms with Gasteiger partial charge in [-0.25, -0.2) is 4.79 Å². The Morgan fingerprint density at radius 3 is 2.57 bits per heavy atom. The number of nitrogens with zero attached hydrogens (tertiary/aromatic N) is 1. The van der Waals surface area contributed by atoms with E-state index in [4.69, 9.17) is 21.1 Å². The smallest absolute Gasteiger partial charge is 0.412 e. The second-order valence-corrected chi connectivity index (χ2v) is 7.74. The van der Waals surface area contributed by atoms with E-state index in [-0.39, 0.29) is 18.1 Å². The van der Waals surface area contributed by atoms with Gasteiger partial charge in [0.1, 0.15) is 11.5 Å². The fourth-order valence-corrected chi connectivity index (χ4v) is 3.42. The molecule has 5 nitrogen and oxygen atoms in total. The fraction of sp³-hybridized carbons (Fsp3) is 0.111. The van der Waals surface area contributed by atoms with Crippen LogP contribution in [0.5, 0.6) is 5.75 Å². The molecule has 2 aromatic carbocycles. The van der Waals surface area contributed by atoms with Crippen molar-refractivity contribution in [3.8, 4) is 16.9 Å². The maximum atomic E-state index is 12.9. The van der Waals surface area contributed by atoms with Gasteiger partial charge in [0, 0.05) is 16.8 Å². The first-order valence-corrected chi connectivity index (χ1v) is 10.9. The zero-order valence-corrected chi connectivity index (χ0v) is 19.5. The van der Waals surface area contributed by atoms with Crippen molar-refractivity contribution in [2.24, 2.45) is 0 Å². The number of nitrogens with one attached hydrogen (secondary N) is 1. The zero-order chi connectivity index (χ0) is 25.2. The third-order valence-corrected chi connectivity index (χ3v) is 5.03. The minimum absolute atomic E-state index is 0.0694. The van der Waals surface area contributed by atoms with Crippen LogP contribution in [0.25, 0.3) is 11.1 Å². The lowest BCUT2D eigenvalue weighted by Crippen LogP contribution is -2.23. The van der Waals surface area contributed by atoms with Gasteiger partial charge in [-0.3, -0.25) is 4.98 Å². The Kier molecular flexibility index (Phi) is 9.15. The Morgan fingerprint density at radius 1 is 1.11 bits per heavy atom. The van der Waals surface area contributed by atoms with Gasteiger partial charge in [0.05, 0.1) is 12.2 Å². The minimum atomic E-state index is -2.94. The van der Waals surface area contributed by atoms with E-state index in [0.29, 0.717) is 28.3 Å². The third kappa shape index (κ3) is 7.79. The van der Waals surface area contributed by atoms with Gasteiger partial charge in [0.2, 0.25) is 0 Å². The zero-order valence-electron chi connectivity index (χ0n) is 18.7. The van der Waals surface area contributed by atoms with E-state index in [1.807, 2.05) is 6.07 Å². The number of hydrogen-bond donors (Lipinski definition) is 1. The van der Waals surface area contributed by atoms with Crippen molar-refractivity contribution in [3.05, 3.63) is 120 Å². The number of hydrogen-bond acceptors (Lipinski definition) is 4. The van der Waals surface area contributed by atoms with Gasteiger partial charge in [0.15, 0.2) is 0 Å². The van der Waals surface area contributed by atoms with Crippen molar-refractivity contribution in [2.45, 2.75) is 19.6 Å². The highest BCUT2D eigenvalue weighted by Gasteiger charge is 2.13. The molecule has 0 atom stereocenters. The number of rotatable bonds is 10. The summed E-state index contributed by atoms with van der Waals surface area (Å²) in [6.45, 7) is 4.33. The van der Waals surface area contributed by atoms with Gasteiger partial charge in [-0.05, 0) is 65.6 Å². The summed E-state index contributed by atoms with van der Waals surface area (Å²) in [6.07, 6.45) is 5.98. The van der Waals surface area contributed by atoms with Crippen LogP contribution >= 0.6 is 11.6 Å². The maximum Gasteiger partial charge on any atom is 0.412 e. The molecule has 180 valence electrons. The van der Waals surface area contributed by atoms with Crippen molar-refractivity contribution in [2.75, 3.05) is 0 Å². The molecule has 0 aliphatic heterocycles. The Balaban J connectivity index is 1.69. The number of halogens is 3. The summed E-state index contributed by atoms with van der Waals surface area (Å²) in [7, 11) is 0. The van der Waals surface area contributed by atoms with Crippen LogP contribution in [-0.2, 0) is 17.7 Å². The fourth-order valence-electron chi connectivity index (χ4n) is 3.23. The van der Waals surface area contributed by atoms with Crippen molar-refractivity contribution >= 4 is 17.7 Å². The van der Waals surface area contributed by atoms with Crippen molar-refractivity contribution < 1.29 is 23.0 Å². The summed E-state index contributed by atoms with van der Waals surface area (Å²) in [5, 5.41) is 3.10. The number of alkyl halides is 2. The summed E-state index contributed by atoms with van der Waals surface area (Å²) in [6, 6.07) is 15.6. The molecule has 0 fully saturated rings. The average molecular weight is 497 g/mol. The molecule has 0 radical (unpaired) electrons. The quantitative estimate of drug-likeness (QED) is 0.241. The first kappa shape index (κ1) is 25.6. The molecule has 0 saturated carbocycles. The number of alkyl carbamates (subject to hydrolysis) is 1. The predicted molar refractivity (Wildman–Crippen MR) is 132 cm³/mol. The Labute approximate surface area is 207 Å². The molecule has 0 aliphatic rings. The van der Waals surface area contributed by atoms with Crippen LogP contribution in [-0.4, -0.2) is 17.7 Å². The highest BCUT2D eigenvalue weighted by Crippen LogP contribution is 2.34. The normalized spacial score (nSPS) is 11.1. The van der Waals surface area contributed by atoms with Crippen LogP contribution in [0.2, 0.25) is 5.02 Å². The largest absolute Gasteiger partial charge is 0.434 e. The molecule has 0 spiro atoms. The second-order valence-electron chi connectivity index (χ2n) is 7.31. The number of carbonyl (C=O) groups excluding carboxylic acids is 1. The molecule has 3 aromatic rings. The van der Waals surface area contributed by atoms with Crippen LogP contribution in [0.3, 0.4) is 0 Å². The van der Waals surface area contributed by atoms with Gasteiger partial charge >= 0.3 is 12.7 Å². The summed E-state index contributed by atoms with van der Waals surface area (Å²) in [5.74, 6) is 0.350. The molecule has 0 bridgehead atoms. The molecular formula is C27H23ClF2N2O3. The van der Waals surface area contributed by atoms with E-state index in [1.54, 1.807) is 48.7 Å². The lowest BCUT2D eigenvalue weighted by atomic mass is 9.98. The average Bonchev–Trinajstić information content (AvgIpc) is 2.84. The Hall–Kier alpha value is -3.97. The van der Waals surface area contributed by atoms with E-state index in [2.05, 4.69) is 23.5 Å². The number of allylic oxidation sites excluding steroid dienone is 3. The highest BCUT2D eigenvalue weighted by atomic mass is 35.5. The topological polar surface area (TPSA) is 60.5 Å². The van der Waals surface area contributed by atoms with Gasteiger partial charge in [-0.1, -0.05) is 55.1 Å². The van der Waals surface area contributed by atoms with E-state index in [0.717, 1.165) is 11.1 Å². The molecule has 0 saturated heterocycles. The lowest BCUT2D eigenvalue weighted by Gasteiger charge is -2.13. The van der Waals surface area contributed by atoms with E-state index in [1.165, 1.54) is 24.3 Å². The molecule has 3 rings (SSSR count). The van der Waals surface area contributed by atoms with Crippen LogP contribution in [0.1, 0.15) is 16.8 Å². The molecule has 1 aromatic heterocycles. The van der Waals surface area contributed by atoms with Gasteiger partial charge in [-0.15, -0.1) is 0 Å². The standard InChI is InChI=1S/C27H23ClF2N2O3/c1-3-6-23(4-2)34-27(33)32-17-22-11-9-19(16-31-22)13-18-10-12-25(35-26(29)30)24(14-18)20-7-5-8-21(28)15-20/h3-12,14-16,26H,1-2,13,17H2,(H,32,33)/b23-6+. The summed E-state index contributed by atoms with van der Waals surface area (Å²) >= 11 is 6.09. The second kappa shape index (κ2) is 12.5. The summed E-state index contributed by atoms with van der Waals surface area (Å²) in [5.41, 5.74) is 3.60. The number of amides is 1. The van der Waals surface area contributed by atoms with Crippen molar-refractivity contribution in [1.82, 2.24) is 10.3 Å². The molecule has 8 heteroatoms. The molecule has 1 heterocycles. The number of ether oxygens (including phenoxy) is 2. The van der Waals surface area contributed by atoms with Crippen LogP contribution < -0.4 is 10.1 Å². The third-order valence-electron chi connectivity index (χ3n) is 4.80. The Morgan fingerprint density at radius 2 is 1.91 bits per heavy atom. The highest BCUT2D eigenvalue weighted by molar-refractivity contribution is 6.30. The van der Waals surface area contributed by atoms with E-state index in [9.17, 15) is 13.6 Å². The first-order valence-electron chi connectivity index (χ1n) is 10.6. The minimum Gasteiger partial charge on any atom is -0.434 e. The molecular weight excluding hydrogens is 474 g/mol. The first-order chi connectivity index (χ1) is 16.9. The number of carbonyl (C=O) groups is 1. The summed E-state index contributed by atoms with van der Waals surface area (Å²) < 4.78 is 35.6. The number of pyridine rings is 1. The van der Waals surface area contributed by atoms with Crippen LogP contribution in [0.4, 0.5) is 13.6 Å². The number of aromatic nitrogens is 1. The van der Waals surface area contributed by atoms with Crippen LogP contribution in [0, 0.1) is 0 Å². The van der Waals surface area contributed by atoms with Crippen molar-refractivity contribution in [3.63, 3.8) is 0 Å². The van der Waals surface area contributed by atoms with Crippen molar-refractivity contribution in [1.29, 1.82) is 0 Å². The van der Waals surface area contributed by atoms with E-state index < -0.39 is 12.7 Å². The number of benzene rings is 2. The van der Waals surface area contributed by atoms with Gasteiger partial charge in [0.25, 0.3) is 0 Å². The molecule has 35 heavy (non-hydrogen) atoms. The lowest BCUT2D eigenvalue weighted by molar-refractivity contribution is -0.0494. The van der Waals surface area contributed by atoms with Gasteiger partial charge < -0.3 is 14.8 Å². The van der Waals surface area contributed by atoms with E-state index >= 15 is 0 Å². The predicted octanol–water partition coefficient (Wildman–Crippen LogP) is 7.08. The molecule has 1 amide bonds. The van der Waals surface area contributed by atoms with Gasteiger partial charge in [-0.2, -0.15) is 8.78 Å². The molecule has 1 N–H and O–H groups in total. The maximum absolute atomic E-state index is 12.9. The Bertz CT molecular complexity index is 1230. The SMILES string of the molecule is C=C/C=C(\C=C)OC(=O)NCc1ccc(Cc2ccc(OC(F)F)c(-c3cccc(Cl)c3)c2)cn1.